The zero-order valence-corrected chi connectivity index (χ0v) is 16.1. The summed E-state index contributed by atoms with van der Waals surface area (Å²) in [6.45, 7) is 4.07. The average molecular weight is 373 g/mol. The number of halogens is 1. The first-order valence-electron chi connectivity index (χ1n) is 8.34. The minimum Gasteiger partial charge on any atom is -0.351 e. The number of hydrogen-bond donors (Lipinski definition) is 2. The molecule has 2 N–H and O–H groups in total. The standard InChI is InChI=1S/C17H28FN3O3S/c1-5-6-9-25(23,24)20-13(2)17(22)19-11-14-7-8-16(18)15(10-14)12-21(3)4/h7-8,10,13,20H,5-6,9,11-12H2,1-4H3,(H,19,22)/t13-/m1/s1. The molecular weight excluding hydrogens is 345 g/mol. The summed E-state index contributed by atoms with van der Waals surface area (Å²) in [4.78, 5) is 13.9. The monoisotopic (exact) mass is 373 g/mol. The van der Waals surface area contributed by atoms with Crippen molar-refractivity contribution in [1.82, 2.24) is 14.9 Å². The van der Waals surface area contributed by atoms with Gasteiger partial charge in [-0.15, -0.1) is 0 Å². The van der Waals surface area contributed by atoms with Crippen molar-refractivity contribution in [2.24, 2.45) is 0 Å². The summed E-state index contributed by atoms with van der Waals surface area (Å²) in [5.74, 6) is -0.702. The van der Waals surface area contributed by atoms with Crippen LogP contribution >= 0.6 is 0 Å². The molecule has 0 saturated carbocycles. The predicted octanol–water partition coefficient (Wildman–Crippen LogP) is 1.61. The van der Waals surface area contributed by atoms with Gasteiger partial charge in [0.15, 0.2) is 0 Å². The van der Waals surface area contributed by atoms with Crippen LogP contribution in [0.4, 0.5) is 4.39 Å². The lowest BCUT2D eigenvalue weighted by Gasteiger charge is -2.15. The van der Waals surface area contributed by atoms with Gasteiger partial charge in [-0.1, -0.05) is 19.4 Å². The molecule has 0 bridgehead atoms. The number of carbonyl (C=O) groups excluding carboxylic acids is 1. The number of nitrogens with one attached hydrogen (secondary N) is 2. The topological polar surface area (TPSA) is 78.5 Å². The summed E-state index contributed by atoms with van der Waals surface area (Å²) in [6.07, 6.45) is 1.31. The van der Waals surface area contributed by atoms with E-state index in [9.17, 15) is 17.6 Å². The van der Waals surface area contributed by atoms with Gasteiger partial charge in [-0.25, -0.2) is 17.5 Å². The van der Waals surface area contributed by atoms with Crippen molar-refractivity contribution in [3.8, 4) is 0 Å². The molecule has 0 fully saturated rings. The number of carbonyl (C=O) groups is 1. The lowest BCUT2D eigenvalue weighted by molar-refractivity contribution is -0.122. The van der Waals surface area contributed by atoms with E-state index in [1.807, 2.05) is 25.9 Å². The molecule has 0 spiro atoms. The zero-order valence-electron chi connectivity index (χ0n) is 15.3. The third kappa shape index (κ3) is 7.94. The fraction of sp³-hybridized carbons (Fsp3) is 0.588. The molecule has 1 amide bonds. The van der Waals surface area contributed by atoms with Gasteiger partial charge in [0.25, 0.3) is 0 Å². The fourth-order valence-electron chi connectivity index (χ4n) is 2.26. The second-order valence-corrected chi connectivity index (χ2v) is 8.27. The van der Waals surface area contributed by atoms with Gasteiger partial charge < -0.3 is 10.2 Å². The van der Waals surface area contributed by atoms with Crippen LogP contribution in [0.3, 0.4) is 0 Å². The third-order valence-corrected chi connectivity index (χ3v) is 5.12. The van der Waals surface area contributed by atoms with Gasteiger partial charge >= 0.3 is 0 Å². The Kier molecular flexibility index (Phi) is 8.47. The summed E-state index contributed by atoms with van der Waals surface area (Å²) in [5, 5.41) is 2.68. The molecule has 0 saturated heterocycles. The van der Waals surface area contributed by atoms with Crippen LogP contribution in [-0.2, 0) is 27.9 Å². The highest BCUT2D eigenvalue weighted by Crippen LogP contribution is 2.12. The Labute approximate surface area is 149 Å². The minimum atomic E-state index is -3.46. The first-order valence-corrected chi connectivity index (χ1v) is 9.99. The smallest absolute Gasteiger partial charge is 0.238 e. The van der Waals surface area contributed by atoms with Gasteiger partial charge in [-0.2, -0.15) is 0 Å². The fourth-order valence-corrected chi connectivity index (χ4v) is 3.69. The van der Waals surface area contributed by atoms with Crippen LogP contribution in [-0.4, -0.2) is 45.1 Å². The van der Waals surface area contributed by atoms with Crippen molar-refractivity contribution in [2.45, 2.75) is 45.8 Å². The maximum absolute atomic E-state index is 13.8. The Balaban J connectivity index is 2.61. The quantitative estimate of drug-likeness (QED) is 0.653. The van der Waals surface area contributed by atoms with E-state index >= 15 is 0 Å². The highest BCUT2D eigenvalue weighted by Gasteiger charge is 2.19. The van der Waals surface area contributed by atoms with Gasteiger partial charge in [-0.3, -0.25) is 4.79 Å². The van der Waals surface area contributed by atoms with Crippen LogP contribution in [0.2, 0.25) is 0 Å². The summed E-state index contributed by atoms with van der Waals surface area (Å²) in [5.41, 5.74) is 1.30. The molecule has 0 unspecified atom stereocenters. The molecule has 1 aromatic carbocycles. The van der Waals surface area contributed by atoms with Crippen LogP contribution < -0.4 is 10.0 Å². The Hall–Kier alpha value is -1.51. The Morgan fingerprint density at radius 3 is 2.60 bits per heavy atom. The lowest BCUT2D eigenvalue weighted by atomic mass is 10.1. The first-order chi connectivity index (χ1) is 11.6. The number of sulfonamides is 1. The number of amides is 1. The maximum atomic E-state index is 13.8. The van der Waals surface area contributed by atoms with E-state index in [4.69, 9.17) is 0 Å². The molecule has 142 valence electrons. The van der Waals surface area contributed by atoms with E-state index in [1.165, 1.54) is 13.0 Å². The number of nitrogens with zero attached hydrogens (tertiary/aromatic N) is 1. The molecule has 6 nitrogen and oxygen atoms in total. The Morgan fingerprint density at radius 2 is 2.00 bits per heavy atom. The van der Waals surface area contributed by atoms with Crippen molar-refractivity contribution in [3.05, 3.63) is 35.1 Å². The normalized spacial score (nSPS) is 13.0. The number of unbranched alkanes of at least 4 members (excludes halogenated alkanes) is 1. The molecular formula is C17H28FN3O3S. The molecule has 0 heterocycles. The zero-order chi connectivity index (χ0) is 19.0. The molecule has 1 atom stereocenters. The van der Waals surface area contributed by atoms with Crippen LogP contribution in [0.15, 0.2) is 18.2 Å². The SMILES string of the molecule is CCCCS(=O)(=O)N[C@H](C)C(=O)NCc1ccc(F)c(CN(C)C)c1. The lowest BCUT2D eigenvalue weighted by Crippen LogP contribution is -2.45. The third-order valence-electron chi connectivity index (χ3n) is 3.58. The van der Waals surface area contributed by atoms with Crippen LogP contribution in [0.1, 0.15) is 37.8 Å². The molecule has 0 radical (unpaired) electrons. The highest BCUT2D eigenvalue weighted by molar-refractivity contribution is 7.89. The van der Waals surface area contributed by atoms with Crippen LogP contribution in [0.5, 0.6) is 0 Å². The van der Waals surface area contributed by atoms with E-state index in [0.29, 0.717) is 18.5 Å². The molecule has 8 heteroatoms. The molecule has 0 aliphatic carbocycles. The largest absolute Gasteiger partial charge is 0.351 e. The number of hydrogen-bond acceptors (Lipinski definition) is 4. The highest BCUT2D eigenvalue weighted by atomic mass is 32.2. The molecule has 1 aromatic rings. The van der Waals surface area contributed by atoms with E-state index in [2.05, 4.69) is 10.0 Å². The van der Waals surface area contributed by atoms with Crippen molar-refractivity contribution in [1.29, 1.82) is 0 Å². The minimum absolute atomic E-state index is 0.00692. The van der Waals surface area contributed by atoms with E-state index < -0.39 is 22.0 Å². The molecule has 1 rings (SSSR count). The Morgan fingerprint density at radius 1 is 1.32 bits per heavy atom. The second-order valence-electron chi connectivity index (χ2n) is 6.39. The summed E-state index contributed by atoms with van der Waals surface area (Å²) in [6, 6.07) is 3.82. The van der Waals surface area contributed by atoms with Crippen molar-refractivity contribution in [2.75, 3.05) is 19.8 Å². The van der Waals surface area contributed by atoms with Crippen LogP contribution in [0, 0.1) is 5.82 Å². The summed E-state index contributed by atoms with van der Waals surface area (Å²) >= 11 is 0. The van der Waals surface area contributed by atoms with Gasteiger partial charge in [0.2, 0.25) is 15.9 Å². The number of benzene rings is 1. The van der Waals surface area contributed by atoms with Crippen LogP contribution in [0.25, 0.3) is 0 Å². The predicted molar refractivity (Wildman–Crippen MR) is 96.9 cm³/mol. The molecule has 25 heavy (non-hydrogen) atoms. The van der Waals surface area contributed by atoms with Gasteiger partial charge in [-0.05, 0) is 45.1 Å². The first kappa shape index (κ1) is 21.5. The van der Waals surface area contributed by atoms with Gasteiger partial charge in [0.05, 0.1) is 11.8 Å². The average Bonchev–Trinajstić information content (AvgIpc) is 2.52. The summed E-state index contributed by atoms with van der Waals surface area (Å²) in [7, 11) is 0.232. The summed E-state index contributed by atoms with van der Waals surface area (Å²) < 4.78 is 39.8. The van der Waals surface area contributed by atoms with E-state index in [1.54, 1.807) is 12.1 Å². The second kappa shape index (κ2) is 9.84. The van der Waals surface area contributed by atoms with Crippen molar-refractivity contribution in [3.63, 3.8) is 0 Å². The van der Waals surface area contributed by atoms with Gasteiger partial charge in [0, 0.05) is 18.7 Å². The molecule has 0 aliphatic heterocycles. The molecule has 0 aromatic heterocycles. The van der Waals surface area contributed by atoms with E-state index in [-0.39, 0.29) is 18.1 Å². The van der Waals surface area contributed by atoms with Gasteiger partial charge in [0.1, 0.15) is 5.82 Å². The Bertz CT molecular complexity index is 678. The van der Waals surface area contributed by atoms with Crippen molar-refractivity contribution < 1.29 is 17.6 Å². The number of rotatable bonds is 10. The molecule has 0 aliphatic rings. The maximum Gasteiger partial charge on any atom is 0.238 e. The van der Waals surface area contributed by atoms with Crippen molar-refractivity contribution >= 4 is 15.9 Å². The van der Waals surface area contributed by atoms with E-state index in [0.717, 1.165) is 12.0 Å².